The van der Waals surface area contributed by atoms with Crippen molar-refractivity contribution in [2.45, 2.75) is 25.8 Å². The summed E-state index contributed by atoms with van der Waals surface area (Å²) in [7, 11) is 0. The first-order valence-electron chi connectivity index (χ1n) is 8.23. The minimum Gasteiger partial charge on any atom is -0.480 e. The smallest absolute Gasteiger partial charge is 0.328 e. The van der Waals surface area contributed by atoms with Crippen LogP contribution >= 0.6 is 11.3 Å². The highest BCUT2D eigenvalue weighted by molar-refractivity contribution is 7.10. The van der Waals surface area contributed by atoms with E-state index in [1.807, 2.05) is 11.4 Å². The van der Waals surface area contributed by atoms with E-state index in [1.165, 1.54) is 4.90 Å². The zero-order valence-electron chi connectivity index (χ0n) is 14.0. The maximum absolute atomic E-state index is 12.8. The number of rotatable bonds is 5. The third-order valence-corrected chi connectivity index (χ3v) is 5.15. The molecule has 1 atom stereocenters. The molecule has 0 bridgehead atoms. The van der Waals surface area contributed by atoms with Crippen molar-refractivity contribution in [3.8, 4) is 0 Å². The van der Waals surface area contributed by atoms with Gasteiger partial charge < -0.3 is 14.9 Å². The number of hydrogen-bond acceptors (Lipinski definition) is 6. The van der Waals surface area contributed by atoms with Crippen molar-refractivity contribution in [1.29, 1.82) is 0 Å². The Kier molecular flexibility index (Phi) is 5.28. The summed E-state index contributed by atoms with van der Waals surface area (Å²) in [5, 5.41) is 11.4. The largest absolute Gasteiger partial charge is 0.480 e. The monoisotopic (exact) mass is 360 g/mol. The first-order valence-corrected chi connectivity index (χ1v) is 9.11. The molecule has 1 aliphatic heterocycles. The average molecular weight is 360 g/mol. The van der Waals surface area contributed by atoms with Crippen LogP contribution in [0.4, 0.5) is 5.95 Å². The second-order valence-corrected chi connectivity index (χ2v) is 6.89. The molecule has 0 saturated carbocycles. The lowest BCUT2D eigenvalue weighted by atomic mass is 10.1. The van der Waals surface area contributed by atoms with Crippen LogP contribution in [0.3, 0.4) is 0 Å². The van der Waals surface area contributed by atoms with Crippen LogP contribution in [-0.2, 0) is 11.2 Å². The number of anilines is 1. The van der Waals surface area contributed by atoms with Gasteiger partial charge in [0.2, 0.25) is 5.95 Å². The number of aromatic nitrogens is 2. The zero-order valence-corrected chi connectivity index (χ0v) is 14.8. The van der Waals surface area contributed by atoms with Gasteiger partial charge in [-0.15, -0.1) is 11.3 Å². The van der Waals surface area contributed by atoms with Crippen molar-refractivity contribution < 1.29 is 14.7 Å². The number of aliphatic carboxylic acids is 1. The van der Waals surface area contributed by atoms with Crippen LogP contribution in [0.1, 0.15) is 28.6 Å². The van der Waals surface area contributed by atoms with Gasteiger partial charge >= 0.3 is 5.97 Å². The lowest BCUT2D eigenvalue weighted by Gasteiger charge is -2.39. The molecule has 7 nitrogen and oxygen atoms in total. The van der Waals surface area contributed by atoms with Gasteiger partial charge in [-0.2, -0.15) is 0 Å². The average Bonchev–Trinajstić information content (AvgIpc) is 3.10. The number of nitrogens with zero attached hydrogens (tertiary/aromatic N) is 4. The Balaban J connectivity index is 1.77. The molecule has 1 amide bonds. The van der Waals surface area contributed by atoms with E-state index in [-0.39, 0.29) is 12.5 Å². The number of carbonyl (C=O) groups is 2. The molecule has 3 heterocycles. The van der Waals surface area contributed by atoms with E-state index in [0.717, 1.165) is 17.7 Å². The van der Waals surface area contributed by atoms with E-state index in [0.29, 0.717) is 24.6 Å². The first-order chi connectivity index (χ1) is 12.1. The third kappa shape index (κ3) is 3.79. The standard InChI is InChI=1S/C17H20N4O3S/c1-2-4-13-9-12(11-25-13)15(22)21-8-7-20(10-14(21)16(23)24)17-18-5-3-6-19-17/h3,5-6,9,11,14H,2,4,7-8,10H2,1H3,(H,23,24). The Morgan fingerprint density at radius 1 is 1.32 bits per heavy atom. The summed E-state index contributed by atoms with van der Waals surface area (Å²) in [5.41, 5.74) is 0.573. The summed E-state index contributed by atoms with van der Waals surface area (Å²) < 4.78 is 0. The Morgan fingerprint density at radius 2 is 2.08 bits per heavy atom. The predicted molar refractivity (Wildman–Crippen MR) is 95.0 cm³/mol. The fraction of sp³-hybridized carbons (Fsp3) is 0.412. The fourth-order valence-corrected chi connectivity index (χ4v) is 3.87. The lowest BCUT2D eigenvalue weighted by molar-refractivity contribution is -0.142. The Morgan fingerprint density at radius 3 is 2.76 bits per heavy atom. The van der Waals surface area contributed by atoms with Crippen molar-refractivity contribution >= 4 is 29.2 Å². The number of carbonyl (C=O) groups excluding carboxylic acids is 1. The van der Waals surface area contributed by atoms with Gasteiger partial charge in [-0.25, -0.2) is 14.8 Å². The molecule has 1 aliphatic rings. The SMILES string of the molecule is CCCc1cc(C(=O)N2CCN(c3ncccn3)CC2C(=O)O)cs1. The van der Waals surface area contributed by atoms with Crippen LogP contribution < -0.4 is 4.90 Å². The molecule has 0 radical (unpaired) electrons. The molecule has 25 heavy (non-hydrogen) atoms. The molecule has 3 rings (SSSR count). The molecule has 1 unspecified atom stereocenters. The molecule has 132 valence electrons. The van der Waals surface area contributed by atoms with Gasteiger partial charge in [-0.05, 0) is 18.6 Å². The lowest BCUT2D eigenvalue weighted by Crippen LogP contribution is -2.58. The maximum Gasteiger partial charge on any atom is 0.328 e. The second-order valence-electron chi connectivity index (χ2n) is 5.90. The third-order valence-electron chi connectivity index (χ3n) is 4.16. The van der Waals surface area contributed by atoms with Crippen molar-refractivity contribution in [2.24, 2.45) is 0 Å². The molecule has 2 aromatic heterocycles. The van der Waals surface area contributed by atoms with Gasteiger partial charge in [0.15, 0.2) is 0 Å². The van der Waals surface area contributed by atoms with E-state index in [4.69, 9.17) is 0 Å². The molecular formula is C17H20N4O3S. The van der Waals surface area contributed by atoms with Gasteiger partial charge in [0, 0.05) is 35.7 Å². The number of piperazine rings is 1. The summed E-state index contributed by atoms with van der Waals surface area (Å²) in [6.45, 7) is 3.10. The number of carboxylic acid groups (broad SMARTS) is 1. The van der Waals surface area contributed by atoms with Crippen molar-refractivity contribution in [2.75, 3.05) is 24.5 Å². The quantitative estimate of drug-likeness (QED) is 0.876. The highest BCUT2D eigenvalue weighted by Gasteiger charge is 2.36. The van der Waals surface area contributed by atoms with Gasteiger partial charge in [0.25, 0.3) is 5.91 Å². The van der Waals surface area contributed by atoms with E-state index >= 15 is 0 Å². The van der Waals surface area contributed by atoms with Crippen molar-refractivity contribution in [3.05, 3.63) is 40.3 Å². The number of thiophene rings is 1. The van der Waals surface area contributed by atoms with E-state index in [1.54, 1.807) is 34.7 Å². The summed E-state index contributed by atoms with van der Waals surface area (Å²) >= 11 is 1.55. The van der Waals surface area contributed by atoms with Gasteiger partial charge in [-0.1, -0.05) is 13.3 Å². The van der Waals surface area contributed by atoms with Gasteiger partial charge in [-0.3, -0.25) is 4.79 Å². The predicted octanol–water partition coefficient (Wildman–Crippen LogP) is 1.91. The summed E-state index contributed by atoms with van der Waals surface area (Å²) in [6.07, 6.45) is 5.19. The zero-order chi connectivity index (χ0) is 17.8. The second kappa shape index (κ2) is 7.60. The van der Waals surface area contributed by atoms with E-state index in [2.05, 4.69) is 16.9 Å². The first kappa shape index (κ1) is 17.3. The van der Waals surface area contributed by atoms with E-state index < -0.39 is 12.0 Å². The molecular weight excluding hydrogens is 340 g/mol. The molecule has 0 aromatic carbocycles. The van der Waals surface area contributed by atoms with Crippen LogP contribution in [0.15, 0.2) is 29.9 Å². The normalized spacial score (nSPS) is 17.6. The van der Waals surface area contributed by atoms with Gasteiger partial charge in [0.1, 0.15) is 6.04 Å². The highest BCUT2D eigenvalue weighted by atomic mass is 32.1. The number of aryl methyl sites for hydroxylation is 1. The van der Waals surface area contributed by atoms with Crippen molar-refractivity contribution in [3.63, 3.8) is 0 Å². The molecule has 0 aliphatic carbocycles. The molecule has 0 spiro atoms. The van der Waals surface area contributed by atoms with Crippen LogP contribution in [0, 0.1) is 0 Å². The number of carboxylic acids is 1. The maximum atomic E-state index is 12.8. The number of hydrogen-bond donors (Lipinski definition) is 1. The Hall–Kier alpha value is -2.48. The fourth-order valence-electron chi connectivity index (χ4n) is 2.91. The minimum atomic E-state index is -1.02. The summed E-state index contributed by atoms with van der Waals surface area (Å²) in [5.74, 6) is -0.751. The van der Waals surface area contributed by atoms with Crippen LogP contribution in [-0.4, -0.2) is 57.5 Å². The van der Waals surface area contributed by atoms with Crippen LogP contribution in [0.5, 0.6) is 0 Å². The van der Waals surface area contributed by atoms with Crippen LogP contribution in [0.25, 0.3) is 0 Å². The molecule has 1 saturated heterocycles. The van der Waals surface area contributed by atoms with Crippen LogP contribution in [0.2, 0.25) is 0 Å². The molecule has 1 fully saturated rings. The minimum absolute atomic E-state index is 0.178. The molecule has 2 aromatic rings. The number of amides is 1. The Labute approximate surface area is 149 Å². The van der Waals surface area contributed by atoms with Crippen molar-refractivity contribution in [1.82, 2.24) is 14.9 Å². The van der Waals surface area contributed by atoms with Gasteiger partial charge in [0.05, 0.1) is 12.1 Å². The summed E-state index contributed by atoms with van der Waals surface area (Å²) in [4.78, 5) is 37.3. The Bertz CT molecular complexity index is 749. The topological polar surface area (TPSA) is 86.6 Å². The van der Waals surface area contributed by atoms with E-state index in [9.17, 15) is 14.7 Å². The summed E-state index contributed by atoms with van der Waals surface area (Å²) in [6, 6.07) is 2.67. The highest BCUT2D eigenvalue weighted by Crippen LogP contribution is 2.22. The molecule has 8 heteroatoms. The molecule has 1 N–H and O–H groups in total.